The number of carboxylic acid groups (broad SMARTS) is 2. The highest BCUT2D eigenvalue weighted by atomic mass is 33.1. The normalized spacial score (nSPS) is 16.5. The van der Waals surface area contributed by atoms with Crippen molar-refractivity contribution in [3.05, 3.63) is 12.2 Å². The predicted molar refractivity (Wildman–Crippen MR) is 103 cm³/mol. The summed E-state index contributed by atoms with van der Waals surface area (Å²) in [6.45, 7) is 1.68. The molecule has 1 amide bonds. The summed E-state index contributed by atoms with van der Waals surface area (Å²) in [5, 5.41) is 19.4. The van der Waals surface area contributed by atoms with E-state index in [1.54, 1.807) is 0 Å². The smallest absolute Gasteiger partial charge is 0.328 e. The Hall–Kier alpha value is -1.19. The highest BCUT2D eigenvalue weighted by Crippen LogP contribution is 2.39. The molecule has 0 aromatic carbocycles. The lowest BCUT2D eigenvalue weighted by Crippen LogP contribution is -2.31. The van der Waals surface area contributed by atoms with Crippen LogP contribution in [-0.2, 0) is 14.4 Å². The predicted octanol–water partition coefficient (Wildman–Crippen LogP) is 2.09. The maximum Gasteiger partial charge on any atom is 0.328 e. The third-order valence-electron chi connectivity index (χ3n) is 3.16. The van der Waals surface area contributed by atoms with Gasteiger partial charge in [-0.2, -0.15) is 0 Å². The Bertz CT molecular complexity index is 422. The van der Waals surface area contributed by atoms with E-state index in [-0.39, 0.29) is 5.91 Å². The quantitative estimate of drug-likeness (QED) is 0.295. The van der Waals surface area contributed by atoms with Gasteiger partial charge in [-0.05, 0) is 33.4 Å². The molecule has 25 heavy (non-hydrogen) atoms. The van der Waals surface area contributed by atoms with E-state index in [2.05, 4.69) is 10.2 Å². The lowest BCUT2D eigenvalue weighted by atomic mass is 10.1. The number of nitrogens with zero attached hydrogens (tertiary/aromatic N) is 1. The first kappa shape index (κ1) is 23.8. The SMILES string of the molecule is CN(C)CCNC(=O)CCCC[C@@H]1CCSS1.O=C(O)/C=C\C(=O)O. The summed E-state index contributed by atoms with van der Waals surface area (Å²) in [6, 6.07) is 0. The maximum absolute atomic E-state index is 11.5. The van der Waals surface area contributed by atoms with Crippen LogP contribution < -0.4 is 5.32 Å². The van der Waals surface area contributed by atoms with Crippen LogP contribution in [0.3, 0.4) is 0 Å². The van der Waals surface area contributed by atoms with Gasteiger partial charge in [0.15, 0.2) is 0 Å². The number of carboxylic acids is 2. The molecule has 0 bridgehead atoms. The third kappa shape index (κ3) is 17.4. The highest BCUT2D eigenvalue weighted by molar-refractivity contribution is 8.77. The third-order valence-corrected chi connectivity index (χ3v) is 6.16. The summed E-state index contributed by atoms with van der Waals surface area (Å²) < 4.78 is 0. The van der Waals surface area contributed by atoms with Gasteiger partial charge in [0.1, 0.15) is 0 Å². The second-order valence-electron chi connectivity index (χ2n) is 5.74. The fourth-order valence-electron chi connectivity index (χ4n) is 1.87. The molecule has 0 spiro atoms. The molecule has 0 unspecified atom stereocenters. The Morgan fingerprint density at radius 1 is 1.16 bits per heavy atom. The first-order valence-corrected chi connectivity index (χ1v) is 10.5. The lowest BCUT2D eigenvalue weighted by molar-refractivity contribution is -0.134. The molecule has 1 aliphatic rings. The van der Waals surface area contributed by atoms with E-state index in [1.165, 1.54) is 25.0 Å². The fourth-order valence-corrected chi connectivity index (χ4v) is 4.90. The van der Waals surface area contributed by atoms with Gasteiger partial charge in [-0.1, -0.05) is 28.0 Å². The van der Waals surface area contributed by atoms with Gasteiger partial charge in [0.25, 0.3) is 0 Å². The van der Waals surface area contributed by atoms with Crippen molar-refractivity contribution in [2.75, 3.05) is 32.9 Å². The van der Waals surface area contributed by atoms with Crippen molar-refractivity contribution in [1.82, 2.24) is 10.2 Å². The van der Waals surface area contributed by atoms with Gasteiger partial charge in [-0.25, -0.2) is 9.59 Å². The molecule has 9 heteroatoms. The van der Waals surface area contributed by atoms with Crippen LogP contribution in [0.25, 0.3) is 0 Å². The topological polar surface area (TPSA) is 107 Å². The molecular formula is C16H28N2O5S2. The molecule has 0 aromatic rings. The summed E-state index contributed by atoms with van der Waals surface area (Å²) in [6.07, 6.45) is 6.67. The molecule has 144 valence electrons. The zero-order valence-corrected chi connectivity index (χ0v) is 16.4. The number of amides is 1. The number of carbonyl (C=O) groups excluding carboxylic acids is 1. The molecule has 0 radical (unpaired) electrons. The van der Waals surface area contributed by atoms with E-state index in [4.69, 9.17) is 10.2 Å². The average molecular weight is 393 g/mol. The molecule has 1 heterocycles. The highest BCUT2D eigenvalue weighted by Gasteiger charge is 2.15. The second-order valence-corrected chi connectivity index (χ2v) is 8.53. The largest absolute Gasteiger partial charge is 0.478 e. The minimum absolute atomic E-state index is 0.209. The zero-order valence-electron chi connectivity index (χ0n) is 14.8. The molecule has 3 N–H and O–H groups in total. The van der Waals surface area contributed by atoms with Gasteiger partial charge in [0.05, 0.1) is 0 Å². The Morgan fingerprint density at radius 3 is 2.28 bits per heavy atom. The van der Waals surface area contributed by atoms with Crippen LogP contribution in [-0.4, -0.2) is 71.1 Å². The first-order chi connectivity index (χ1) is 11.8. The average Bonchev–Trinajstić information content (AvgIpc) is 3.03. The Balaban J connectivity index is 0.000000609. The summed E-state index contributed by atoms with van der Waals surface area (Å²) in [5.41, 5.74) is 0. The Kier molecular flexibility index (Phi) is 14.4. The molecule has 1 aliphatic heterocycles. The van der Waals surface area contributed by atoms with Crippen LogP contribution in [0.5, 0.6) is 0 Å². The zero-order chi connectivity index (χ0) is 19.1. The summed E-state index contributed by atoms with van der Waals surface area (Å²) in [7, 11) is 8.06. The molecular weight excluding hydrogens is 364 g/mol. The van der Waals surface area contributed by atoms with E-state index in [1.807, 2.05) is 35.7 Å². The van der Waals surface area contributed by atoms with E-state index in [0.717, 1.165) is 24.8 Å². The molecule has 1 saturated heterocycles. The first-order valence-electron chi connectivity index (χ1n) is 8.15. The van der Waals surface area contributed by atoms with Crippen LogP contribution in [0.2, 0.25) is 0 Å². The number of nitrogens with one attached hydrogen (secondary N) is 1. The van der Waals surface area contributed by atoms with Crippen LogP contribution >= 0.6 is 21.6 Å². The lowest BCUT2D eigenvalue weighted by Gasteiger charge is -2.10. The van der Waals surface area contributed by atoms with Crippen molar-refractivity contribution in [2.24, 2.45) is 0 Å². The van der Waals surface area contributed by atoms with E-state index < -0.39 is 11.9 Å². The molecule has 1 fully saturated rings. The van der Waals surface area contributed by atoms with Crippen LogP contribution in [0.4, 0.5) is 0 Å². The number of likely N-dealkylation sites (N-methyl/N-ethyl adjacent to an activating group) is 1. The van der Waals surface area contributed by atoms with Gasteiger partial charge in [0, 0.05) is 42.7 Å². The molecule has 1 rings (SSSR count). The molecule has 0 saturated carbocycles. The van der Waals surface area contributed by atoms with Gasteiger partial charge < -0.3 is 20.4 Å². The van der Waals surface area contributed by atoms with Gasteiger partial charge >= 0.3 is 11.9 Å². The second kappa shape index (κ2) is 15.1. The summed E-state index contributed by atoms with van der Waals surface area (Å²) in [5.74, 6) is -1.000. The van der Waals surface area contributed by atoms with E-state index >= 15 is 0 Å². The fraction of sp³-hybridized carbons (Fsp3) is 0.688. The Morgan fingerprint density at radius 2 is 1.80 bits per heavy atom. The number of hydrogen-bond acceptors (Lipinski definition) is 6. The molecule has 1 atom stereocenters. The van der Waals surface area contributed by atoms with Crippen molar-refractivity contribution >= 4 is 39.4 Å². The van der Waals surface area contributed by atoms with Crippen molar-refractivity contribution < 1.29 is 24.6 Å². The number of rotatable bonds is 10. The monoisotopic (exact) mass is 392 g/mol. The number of unbranched alkanes of at least 4 members (excludes halogenated alkanes) is 1. The number of aliphatic carboxylic acids is 2. The van der Waals surface area contributed by atoms with Gasteiger partial charge in [-0.15, -0.1) is 0 Å². The van der Waals surface area contributed by atoms with Crippen molar-refractivity contribution in [2.45, 2.75) is 37.4 Å². The minimum atomic E-state index is -1.26. The van der Waals surface area contributed by atoms with Crippen molar-refractivity contribution in [1.29, 1.82) is 0 Å². The minimum Gasteiger partial charge on any atom is -0.478 e. The van der Waals surface area contributed by atoms with Crippen molar-refractivity contribution in [3.8, 4) is 0 Å². The van der Waals surface area contributed by atoms with Gasteiger partial charge in [0.2, 0.25) is 5.91 Å². The maximum atomic E-state index is 11.5. The molecule has 7 nitrogen and oxygen atoms in total. The van der Waals surface area contributed by atoms with E-state index in [9.17, 15) is 14.4 Å². The summed E-state index contributed by atoms with van der Waals surface area (Å²) in [4.78, 5) is 32.7. The Labute approximate surface area is 157 Å². The van der Waals surface area contributed by atoms with Crippen molar-refractivity contribution in [3.63, 3.8) is 0 Å². The standard InChI is InChI=1S/C12H24N2OS2.C4H4O4/c1-14(2)9-8-13-12(15)6-4-3-5-11-7-10-16-17-11;5-3(6)1-2-4(7)8/h11H,3-10H2,1-2H3,(H,13,15);1-2H,(H,5,6)(H,7,8)/b;2-1-/t11-;/m1./s1. The molecule has 0 aromatic heterocycles. The van der Waals surface area contributed by atoms with E-state index in [0.29, 0.717) is 18.6 Å². The van der Waals surface area contributed by atoms with Crippen LogP contribution in [0.1, 0.15) is 32.1 Å². The summed E-state index contributed by atoms with van der Waals surface area (Å²) >= 11 is 0. The van der Waals surface area contributed by atoms with Gasteiger partial charge in [-0.3, -0.25) is 4.79 Å². The van der Waals surface area contributed by atoms with Crippen LogP contribution in [0.15, 0.2) is 12.2 Å². The molecule has 0 aliphatic carbocycles. The van der Waals surface area contributed by atoms with Crippen LogP contribution in [0, 0.1) is 0 Å². The number of hydrogen-bond donors (Lipinski definition) is 3. The number of carbonyl (C=O) groups is 3.